The molecular weight excluding hydrogens is 538 g/mol. The largest absolute Gasteiger partial charge is 0.410 e. The van der Waals surface area contributed by atoms with E-state index >= 15 is 0 Å². The molecule has 5 heteroatoms. The fourth-order valence-corrected chi connectivity index (χ4v) is 5.19. The molecule has 2 fully saturated rings. The van der Waals surface area contributed by atoms with Gasteiger partial charge in [-0.05, 0) is 71.2 Å². The Balaban J connectivity index is 0.000000581. The van der Waals surface area contributed by atoms with Crippen molar-refractivity contribution < 1.29 is 26.3 Å². The Morgan fingerprint density at radius 3 is 1.67 bits per heavy atom. The van der Waals surface area contributed by atoms with E-state index in [-0.39, 0.29) is 39.3 Å². The Kier molecular flexibility index (Phi) is 13.3. The molecule has 0 spiro atoms. The molecule has 0 N–H and O–H groups in total. The van der Waals surface area contributed by atoms with Crippen LogP contribution in [0.15, 0.2) is 24.3 Å². The average molecular weight is 591 g/mol. The molecule has 1 atom stereocenters. The zero-order chi connectivity index (χ0) is 29.2. The minimum atomic E-state index is -1.86. The molecule has 3 nitrogen and oxygen atoms in total. The van der Waals surface area contributed by atoms with Gasteiger partial charge in [0.2, 0.25) is 12.6 Å². The van der Waals surface area contributed by atoms with Crippen LogP contribution in [-0.4, -0.2) is 20.8 Å². The Labute approximate surface area is 254 Å². The normalized spacial score (nSPS) is 20.6. The molecule has 1 saturated heterocycles. The fourth-order valence-electron chi connectivity index (χ4n) is 4.25. The summed E-state index contributed by atoms with van der Waals surface area (Å²) in [4.78, 5) is 14.9. The van der Waals surface area contributed by atoms with E-state index in [0.717, 1.165) is 11.6 Å². The van der Waals surface area contributed by atoms with Gasteiger partial charge in [-0.2, -0.15) is 0 Å². The van der Waals surface area contributed by atoms with Crippen LogP contribution in [0, 0.1) is 55.0 Å². The Hall–Kier alpha value is -0.454. The summed E-state index contributed by atoms with van der Waals surface area (Å²) in [7, 11) is -1.86. The van der Waals surface area contributed by atoms with Gasteiger partial charge >= 0.3 is 5.91 Å². The molecule has 1 aromatic rings. The van der Waals surface area contributed by atoms with Gasteiger partial charge in [-0.15, -0.1) is 0 Å². The van der Waals surface area contributed by atoms with Crippen molar-refractivity contribution in [2.45, 2.75) is 113 Å². The second kappa shape index (κ2) is 14.1. The van der Waals surface area contributed by atoms with E-state index in [0.29, 0.717) is 6.61 Å². The molecule has 1 heterocycles. The van der Waals surface area contributed by atoms with E-state index < -0.39 is 8.32 Å². The molecule has 0 bridgehead atoms. The van der Waals surface area contributed by atoms with Gasteiger partial charge in [0.05, 0.1) is 0 Å². The van der Waals surface area contributed by atoms with E-state index in [9.17, 15) is 4.79 Å². The van der Waals surface area contributed by atoms with Crippen LogP contribution in [0.3, 0.4) is 0 Å². The summed E-state index contributed by atoms with van der Waals surface area (Å²) in [6.07, 6.45) is 3.91. The predicted molar refractivity (Wildman–Crippen MR) is 165 cm³/mol. The molecule has 1 amide bonds. The smallest absolute Gasteiger partial charge is 0.369 e. The van der Waals surface area contributed by atoms with Crippen LogP contribution in [-0.2, 0) is 31.7 Å². The van der Waals surface area contributed by atoms with Crippen molar-refractivity contribution in [2.75, 3.05) is 6.61 Å². The van der Waals surface area contributed by atoms with Gasteiger partial charge in [0.1, 0.15) is 12.5 Å². The second-order valence-electron chi connectivity index (χ2n) is 13.5. The molecule has 10 radical (unpaired) electrons. The van der Waals surface area contributed by atoms with E-state index in [2.05, 4.69) is 114 Å². The van der Waals surface area contributed by atoms with Gasteiger partial charge in [-0.3, -0.25) is 0 Å². The first-order valence-electron chi connectivity index (χ1n) is 13.9. The van der Waals surface area contributed by atoms with Crippen LogP contribution in [0.1, 0.15) is 100 Å². The summed E-state index contributed by atoms with van der Waals surface area (Å²) in [6.45, 7) is 33.1. The Morgan fingerprint density at radius 2 is 1.28 bits per heavy atom. The van der Waals surface area contributed by atoms with Crippen molar-refractivity contribution in [2.24, 2.45) is 0 Å². The van der Waals surface area contributed by atoms with Crippen LogP contribution < -0.4 is 4.90 Å². The molecule has 0 aromatic heterocycles. The topological polar surface area (TPSA) is 32.2 Å². The van der Waals surface area contributed by atoms with Gasteiger partial charge in [0.15, 0.2) is 8.32 Å². The van der Waals surface area contributed by atoms with Crippen molar-refractivity contribution in [3.8, 4) is 0 Å². The van der Waals surface area contributed by atoms with Gasteiger partial charge in [0.25, 0.3) is 0 Å². The first-order chi connectivity index (χ1) is 17.3. The molecular formula is C34H52FeNO2Si+. The van der Waals surface area contributed by atoms with Gasteiger partial charge in [0, 0.05) is 29.9 Å². The zero-order valence-corrected chi connectivity index (χ0v) is 29.0. The summed E-state index contributed by atoms with van der Waals surface area (Å²) in [5.41, 5.74) is 2.43. The maximum atomic E-state index is 13.1. The number of nitrogens with zero attached hydrogens (tertiary/aromatic N) is 1. The molecule has 2 aliphatic rings. The van der Waals surface area contributed by atoms with Crippen LogP contribution >= 0.6 is 0 Å². The van der Waals surface area contributed by atoms with Crippen LogP contribution in [0.25, 0.3) is 0 Å². The molecule has 1 saturated carbocycles. The predicted octanol–water partition coefficient (Wildman–Crippen LogP) is 8.86. The van der Waals surface area contributed by atoms with Crippen LogP contribution in [0.5, 0.6) is 0 Å². The Bertz CT molecular complexity index is 856. The van der Waals surface area contributed by atoms with Crippen molar-refractivity contribution in [3.05, 3.63) is 90.4 Å². The van der Waals surface area contributed by atoms with Gasteiger partial charge in [-0.1, -0.05) is 105 Å². The first-order valence-corrected chi connectivity index (χ1v) is 16.8. The van der Waals surface area contributed by atoms with E-state index in [4.69, 9.17) is 4.43 Å². The average Bonchev–Trinajstić information content (AvgIpc) is 3.37. The van der Waals surface area contributed by atoms with Crippen molar-refractivity contribution in [3.63, 3.8) is 0 Å². The third-order valence-electron chi connectivity index (χ3n) is 8.92. The summed E-state index contributed by atoms with van der Waals surface area (Å²) in [5.74, 6) is 7.22. The van der Waals surface area contributed by atoms with Crippen LogP contribution in [0.2, 0.25) is 18.1 Å². The number of hydrogen-bond donors (Lipinski definition) is 0. The Morgan fingerprint density at radius 1 is 0.846 bits per heavy atom. The molecule has 1 aliphatic heterocycles. The monoisotopic (exact) mass is 590 g/mol. The summed E-state index contributed by atoms with van der Waals surface area (Å²) < 4.78 is 6.33. The van der Waals surface area contributed by atoms with E-state index in [1.54, 1.807) is 4.90 Å². The fraction of sp³-hybridized carbons (Fsp3) is 0.529. The number of likely N-dealkylation sites (tertiary alicyclic amines) is 1. The van der Waals surface area contributed by atoms with E-state index in [1.165, 1.54) is 35.2 Å². The SMILES string of the molecule is CC(C(=O)[N+]1[CH][CH][CH][C]1CO[Si](C)(C)C(C)(C)C)c1ccc(C(C)(C)C)cc1.C[C]1[C](C)[C](C)[C](C)[C]1C.[Fe]. The van der Waals surface area contributed by atoms with Crippen molar-refractivity contribution in [1.29, 1.82) is 0 Å². The summed E-state index contributed by atoms with van der Waals surface area (Å²) >= 11 is 0. The quantitative estimate of drug-likeness (QED) is 0.253. The molecule has 1 unspecified atom stereocenters. The molecule has 1 aromatic carbocycles. The third-order valence-corrected chi connectivity index (χ3v) is 13.4. The van der Waals surface area contributed by atoms with Crippen LogP contribution in [0.4, 0.5) is 0 Å². The molecule has 216 valence electrons. The van der Waals surface area contributed by atoms with E-state index in [1.807, 2.05) is 26.3 Å². The van der Waals surface area contributed by atoms with Crippen molar-refractivity contribution >= 4 is 14.2 Å². The van der Waals surface area contributed by atoms with Gasteiger partial charge in [-0.25, -0.2) is 4.79 Å². The van der Waals surface area contributed by atoms with Gasteiger partial charge < -0.3 is 4.43 Å². The second-order valence-corrected chi connectivity index (χ2v) is 18.3. The minimum Gasteiger partial charge on any atom is -0.410 e. The zero-order valence-electron chi connectivity index (χ0n) is 26.9. The number of rotatable bonds is 5. The minimum absolute atomic E-state index is 0. The maximum absolute atomic E-state index is 13.1. The molecule has 1 aliphatic carbocycles. The number of benzene rings is 1. The molecule has 39 heavy (non-hydrogen) atoms. The standard InChI is InChI=1S/C24H37NO2Si.C10H15.Fe/c1-18(19-12-14-20(15-13-19)23(2,3)4)22(26)25-16-10-11-21(25)17-27-28(8,9)24(5,6)7;1-6-7(2)9(4)10(5)8(6)3;/h10-16,18H,17H2,1-9H3;1-5H3;/q+1;;. The number of hydrogen-bond acceptors (Lipinski definition) is 2. The van der Waals surface area contributed by atoms with Crippen molar-refractivity contribution in [1.82, 2.24) is 4.90 Å². The maximum Gasteiger partial charge on any atom is 0.369 e. The number of carbonyl (C=O) groups is 1. The number of amides is 1. The summed E-state index contributed by atoms with van der Waals surface area (Å²) in [5, 5.41) is 0.149. The third kappa shape index (κ3) is 9.01. The number of carbonyl (C=O) groups excluding carboxylic acids is 1. The first kappa shape index (κ1) is 36.6. The molecule has 3 rings (SSSR count). The summed E-state index contributed by atoms with van der Waals surface area (Å²) in [6, 6.07) is 9.36.